The molecule has 0 unspecified atom stereocenters. The zero-order valence-corrected chi connectivity index (χ0v) is 14.1. The van der Waals surface area contributed by atoms with Gasteiger partial charge in [-0.3, -0.25) is 0 Å². The van der Waals surface area contributed by atoms with Crippen molar-refractivity contribution in [3.05, 3.63) is 63.4 Å². The molecule has 106 valence electrons. The summed E-state index contributed by atoms with van der Waals surface area (Å²) in [6.45, 7) is 1.97. The summed E-state index contributed by atoms with van der Waals surface area (Å²) in [5.74, 6) is 0. The monoisotopic (exact) mass is 359 g/mol. The number of aromatic nitrogens is 1. The molecule has 2 aromatic carbocycles. The maximum absolute atomic E-state index is 4.41. The third-order valence-corrected chi connectivity index (χ3v) is 5.06. The smallest absolute Gasteiger partial charge is 0.211 e. The van der Waals surface area contributed by atoms with Gasteiger partial charge < -0.3 is 4.57 Å². The summed E-state index contributed by atoms with van der Waals surface area (Å²) in [6, 6.07) is 16.3. The lowest BCUT2D eigenvalue weighted by atomic mass is 10.1. The highest BCUT2D eigenvalue weighted by molar-refractivity contribution is 9.10. The molecule has 0 spiro atoms. The van der Waals surface area contributed by atoms with Gasteiger partial charge in [0.25, 0.3) is 0 Å². The number of aryl methyl sites for hydroxylation is 1. The van der Waals surface area contributed by atoms with Crippen LogP contribution in [0.2, 0.25) is 0 Å². The van der Waals surface area contributed by atoms with Gasteiger partial charge in [-0.2, -0.15) is 5.10 Å². The summed E-state index contributed by atoms with van der Waals surface area (Å²) in [6.07, 6.45) is 0. The van der Waals surface area contributed by atoms with E-state index in [9.17, 15) is 0 Å². The number of hydrogen-bond acceptors (Lipinski definition) is 3. The Labute approximate surface area is 135 Å². The van der Waals surface area contributed by atoms with E-state index in [0.717, 1.165) is 20.5 Å². The van der Waals surface area contributed by atoms with Crippen LogP contribution in [0, 0.1) is 0 Å². The van der Waals surface area contributed by atoms with Crippen molar-refractivity contribution in [3.63, 3.8) is 0 Å². The third-order valence-electron chi connectivity index (χ3n) is 3.26. The van der Waals surface area contributed by atoms with Crippen LogP contribution in [0.25, 0.3) is 10.2 Å². The first kappa shape index (κ1) is 14.2. The standard InChI is InChI=1S/C16H14BrN3S/c1-11(12-7-3-4-8-13(12)17)18-19-16-20(2)14-9-5-6-10-15(14)21-16/h3-10H,1-2H3/b18-11-,19-16+. The van der Waals surface area contributed by atoms with Crippen LogP contribution in [-0.4, -0.2) is 10.3 Å². The quantitative estimate of drug-likeness (QED) is 0.481. The lowest BCUT2D eigenvalue weighted by Gasteiger charge is -2.00. The number of hydrogen-bond donors (Lipinski definition) is 0. The molecule has 1 aromatic heterocycles. The minimum atomic E-state index is 0.889. The van der Waals surface area contributed by atoms with Crippen molar-refractivity contribution in [2.75, 3.05) is 0 Å². The number of benzene rings is 2. The van der Waals surface area contributed by atoms with Gasteiger partial charge in [0.2, 0.25) is 4.80 Å². The van der Waals surface area contributed by atoms with Gasteiger partial charge in [-0.25, -0.2) is 0 Å². The normalized spacial score (nSPS) is 13.1. The Bertz CT molecular complexity index is 890. The maximum Gasteiger partial charge on any atom is 0.211 e. The molecule has 0 saturated carbocycles. The predicted octanol–water partition coefficient (Wildman–Crippen LogP) is 4.33. The zero-order chi connectivity index (χ0) is 14.8. The van der Waals surface area contributed by atoms with E-state index >= 15 is 0 Å². The van der Waals surface area contributed by atoms with E-state index < -0.39 is 0 Å². The summed E-state index contributed by atoms with van der Waals surface area (Å²) in [7, 11) is 2.01. The topological polar surface area (TPSA) is 29.6 Å². The van der Waals surface area contributed by atoms with Crippen LogP contribution in [0.15, 0.2) is 63.2 Å². The van der Waals surface area contributed by atoms with E-state index in [1.807, 2.05) is 50.4 Å². The fourth-order valence-corrected chi connectivity index (χ4v) is 3.65. The van der Waals surface area contributed by atoms with E-state index in [1.165, 1.54) is 10.2 Å². The Morgan fingerprint density at radius 2 is 1.81 bits per heavy atom. The van der Waals surface area contributed by atoms with Gasteiger partial charge in [0.1, 0.15) is 0 Å². The van der Waals surface area contributed by atoms with Crippen molar-refractivity contribution in [3.8, 4) is 0 Å². The number of para-hydroxylation sites is 1. The van der Waals surface area contributed by atoms with E-state index in [1.54, 1.807) is 11.3 Å². The Kier molecular flexibility index (Phi) is 4.03. The molecule has 0 aliphatic heterocycles. The van der Waals surface area contributed by atoms with Gasteiger partial charge in [-0.1, -0.05) is 57.6 Å². The second-order valence-corrected chi connectivity index (χ2v) is 6.54. The SMILES string of the molecule is C/C(=N/N=c1/sc2ccccc2n1C)c1ccccc1Br. The summed E-state index contributed by atoms with van der Waals surface area (Å²) in [5, 5.41) is 8.79. The zero-order valence-electron chi connectivity index (χ0n) is 11.7. The molecule has 5 heteroatoms. The Morgan fingerprint density at radius 1 is 1.10 bits per heavy atom. The number of thiazole rings is 1. The van der Waals surface area contributed by atoms with Crippen molar-refractivity contribution >= 4 is 43.2 Å². The second-order valence-electron chi connectivity index (χ2n) is 4.68. The summed E-state index contributed by atoms with van der Waals surface area (Å²) in [5.41, 5.74) is 3.12. The number of fused-ring (bicyclic) bond motifs is 1. The van der Waals surface area contributed by atoms with E-state index in [4.69, 9.17) is 0 Å². The Morgan fingerprint density at radius 3 is 2.57 bits per heavy atom. The Hall–Kier alpha value is -1.72. The van der Waals surface area contributed by atoms with Crippen LogP contribution in [0.1, 0.15) is 12.5 Å². The van der Waals surface area contributed by atoms with Crippen molar-refractivity contribution in [2.45, 2.75) is 6.92 Å². The van der Waals surface area contributed by atoms with Crippen LogP contribution < -0.4 is 4.80 Å². The summed E-state index contributed by atoms with van der Waals surface area (Å²) in [4.78, 5) is 0.891. The minimum absolute atomic E-state index is 0.889. The predicted molar refractivity (Wildman–Crippen MR) is 92.7 cm³/mol. The van der Waals surface area contributed by atoms with Gasteiger partial charge in [-0.15, -0.1) is 5.10 Å². The lowest BCUT2D eigenvalue weighted by Crippen LogP contribution is -2.09. The Balaban J connectivity index is 2.07. The van der Waals surface area contributed by atoms with Crippen molar-refractivity contribution in [1.82, 2.24) is 4.57 Å². The second kappa shape index (κ2) is 5.95. The molecule has 0 aliphatic rings. The molecule has 1 heterocycles. The molecular formula is C16H14BrN3S. The van der Waals surface area contributed by atoms with E-state index in [-0.39, 0.29) is 0 Å². The van der Waals surface area contributed by atoms with Crippen LogP contribution in [0.4, 0.5) is 0 Å². The first-order valence-electron chi connectivity index (χ1n) is 6.54. The number of nitrogens with zero attached hydrogens (tertiary/aromatic N) is 3. The molecule has 0 saturated heterocycles. The highest BCUT2D eigenvalue weighted by Gasteiger charge is 2.03. The molecule has 0 bridgehead atoms. The van der Waals surface area contributed by atoms with Gasteiger partial charge in [0.05, 0.1) is 15.9 Å². The fourth-order valence-electron chi connectivity index (χ4n) is 2.10. The van der Waals surface area contributed by atoms with Crippen molar-refractivity contribution < 1.29 is 0 Å². The van der Waals surface area contributed by atoms with Crippen LogP contribution in [0.5, 0.6) is 0 Å². The summed E-state index contributed by atoms with van der Waals surface area (Å²) >= 11 is 5.18. The molecular weight excluding hydrogens is 346 g/mol. The van der Waals surface area contributed by atoms with E-state index in [0.29, 0.717) is 0 Å². The molecule has 0 radical (unpaired) electrons. The largest absolute Gasteiger partial charge is 0.318 e. The highest BCUT2D eigenvalue weighted by atomic mass is 79.9. The first-order valence-corrected chi connectivity index (χ1v) is 8.15. The van der Waals surface area contributed by atoms with Crippen LogP contribution >= 0.6 is 27.3 Å². The van der Waals surface area contributed by atoms with Crippen molar-refractivity contribution in [1.29, 1.82) is 0 Å². The van der Waals surface area contributed by atoms with Gasteiger partial charge in [0.15, 0.2) is 0 Å². The number of rotatable bonds is 2. The molecule has 0 fully saturated rings. The van der Waals surface area contributed by atoms with Crippen LogP contribution in [-0.2, 0) is 7.05 Å². The average molecular weight is 360 g/mol. The van der Waals surface area contributed by atoms with Gasteiger partial charge in [-0.05, 0) is 25.1 Å². The molecule has 3 nitrogen and oxygen atoms in total. The van der Waals surface area contributed by atoms with Crippen LogP contribution in [0.3, 0.4) is 0 Å². The number of halogens is 1. The molecule has 21 heavy (non-hydrogen) atoms. The lowest BCUT2D eigenvalue weighted by molar-refractivity contribution is 0.888. The summed E-state index contributed by atoms with van der Waals surface area (Å²) < 4.78 is 4.31. The third kappa shape index (κ3) is 2.84. The molecule has 0 aliphatic carbocycles. The average Bonchev–Trinajstić information content (AvgIpc) is 2.82. The molecule has 0 N–H and O–H groups in total. The van der Waals surface area contributed by atoms with Crippen molar-refractivity contribution in [2.24, 2.45) is 17.3 Å². The molecule has 3 rings (SSSR count). The first-order chi connectivity index (χ1) is 10.2. The minimum Gasteiger partial charge on any atom is -0.318 e. The van der Waals surface area contributed by atoms with E-state index in [2.05, 4.69) is 42.8 Å². The molecule has 3 aromatic rings. The molecule has 0 atom stereocenters. The highest BCUT2D eigenvalue weighted by Crippen LogP contribution is 2.17. The fraction of sp³-hybridized carbons (Fsp3) is 0.125. The molecule has 0 amide bonds. The van der Waals surface area contributed by atoms with Gasteiger partial charge >= 0.3 is 0 Å². The maximum atomic E-state index is 4.41. The van der Waals surface area contributed by atoms with Gasteiger partial charge in [0, 0.05) is 17.1 Å².